The Morgan fingerprint density at radius 1 is 1.15 bits per heavy atom. The molecule has 0 spiro atoms. The van der Waals surface area contributed by atoms with Gasteiger partial charge >= 0.3 is 0 Å². The summed E-state index contributed by atoms with van der Waals surface area (Å²) in [6.07, 6.45) is 0.626. The third-order valence-electron chi connectivity index (χ3n) is 4.82. The van der Waals surface area contributed by atoms with Gasteiger partial charge in [0.2, 0.25) is 0 Å². The summed E-state index contributed by atoms with van der Waals surface area (Å²) < 4.78 is 12.2. The van der Waals surface area contributed by atoms with E-state index in [0.717, 1.165) is 5.56 Å². The van der Waals surface area contributed by atoms with Gasteiger partial charge in [-0.15, -0.1) is 11.3 Å². The minimum atomic E-state index is -0.481. The minimum Gasteiger partial charge on any atom is -0.497 e. The van der Waals surface area contributed by atoms with Crippen molar-refractivity contribution in [2.24, 2.45) is 10.7 Å². The first-order valence-corrected chi connectivity index (χ1v) is 11.4. The molecule has 0 aliphatic rings. The summed E-state index contributed by atoms with van der Waals surface area (Å²) in [6.45, 7) is 1.24. The lowest BCUT2D eigenvalue weighted by atomic mass is 10.2. The van der Waals surface area contributed by atoms with E-state index in [2.05, 4.69) is 10.3 Å². The fourth-order valence-electron chi connectivity index (χ4n) is 3.06. The molecule has 2 amide bonds. The van der Waals surface area contributed by atoms with Gasteiger partial charge in [0, 0.05) is 29.6 Å². The summed E-state index contributed by atoms with van der Waals surface area (Å²) in [5.74, 6) is 0.173. The van der Waals surface area contributed by atoms with Gasteiger partial charge in [0.05, 0.1) is 19.8 Å². The lowest BCUT2D eigenvalue weighted by molar-refractivity contribution is 0.0937. The number of rotatable bonds is 9. The van der Waals surface area contributed by atoms with E-state index in [9.17, 15) is 9.59 Å². The van der Waals surface area contributed by atoms with Gasteiger partial charge in [-0.1, -0.05) is 23.7 Å². The number of aromatic nitrogens is 1. The maximum absolute atomic E-state index is 12.9. The predicted molar refractivity (Wildman–Crippen MR) is 128 cm³/mol. The van der Waals surface area contributed by atoms with Crippen molar-refractivity contribution >= 4 is 34.8 Å². The molecule has 0 aliphatic carbocycles. The van der Waals surface area contributed by atoms with E-state index < -0.39 is 5.91 Å². The second-order valence-electron chi connectivity index (χ2n) is 6.99. The van der Waals surface area contributed by atoms with Gasteiger partial charge in [0.25, 0.3) is 11.8 Å². The van der Waals surface area contributed by atoms with Crippen LogP contribution in [0, 0.1) is 0 Å². The van der Waals surface area contributed by atoms with E-state index in [4.69, 9.17) is 26.8 Å². The second kappa shape index (κ2) is 11.6. The number of amides is 2. The topological polar surface area (TPSA) is 108 Å². The molecular formula is C23H25ClN4O4S. The third kappa shape index (κ3) is 6.22. The molecule has 0 fully saturated rings. The van der Waals surface area contributed by atoms with E-state index in [0.29, 0.717) is 58.6 Å². The molecule has 0 aliphatic heterocycles. The molecule has 0 saturated heterocycles. The SMILES string of the molecule is COc1ccc(C(=O)/N=c2\scc(C(=O)NCc3ccc(Cl)cc3)n2CCCN)c(OC)c1. The molecule has 3 N–H and O–H groups in total. The van der Waals surface area contributed by atoms with Crippen LogP contribution in [-0.2, 0) is 13.1 Å². The van der Waals surface area contributed by atoms with E-state index in [1.807, 2.05) is 12.1 Å². The molecule has 8 nitrogen and oxygen atoms in total. The Bertz CT molecular complexity index is 1190. The highest BCUT2D eigenvalue weighted by Crippen LogP contribution is 2.25. The molecule has 2 aromatic carbocycles. The van der Waals surface area contributed by atoms with Crippen LogP contribution in [0.25, 0.3) is 0 Å². The fraction of sp³-hybridized carbons (Fsp3) is 0.261. The van der Waals surface area contributed by atoms with Crippen LogP contribution in [0.1, 0.15) is 32.8 Å². The first kappa shape index (κ1) is 24.5. The van der Waals surface area contributed by atoms with Crippen LogP contribution in [0.4, 0.5) is 0 Å². The molecule has 1 aromatic heterocycles. The fourth-order valence-corrected chi connectivity index (χ4v) is 4.09. The molecule has 3 aromatic rings. The average molecular weight is 489 g/mol. The van der Waals surface area contributed by atoms with Crippen molar-refractivity contribution < 1.29 is 19.1 Å². The van der Waals surface area contributed by atoms with E-state index >= 15 is 0 Å². The van der Waals surface area contributed by atoms with Gasteiger partial charge in [-0.2, -0.15) is 4.99 Å². The van der Waals surface area contributed by atoms with Crippen molar-refractivity contribution in [2.45, 2.75) is 19.5 Å². The zero-order valence-electron chi connectivity index (χ0n) is 18.3. The maximum atomic E-state index is 12.9. The molecule has 3 rings (SSSR count). The van der Waals surface area contributed by atoms with Crippen LogP contribution in [0.2, 0.25) is 5.02 Å². The van der Waals surface area contributed by atoms with Gasteiger partial charge in [-0.25, -0.2) is 0 Å². The normalized spacial score (nSPS) is 11.3. The average Bonchev–Trinajstić information content (AvgIpc) is 3.23. The smallest absolute Gasteiger partial charge is 0.283 e. The standard InChI is InChI=1S/C23H25ClN4O4S/c1-31-17-8-9-18(20(12-17)32-2)21(29)27-23-28(11-3-10-25)19(14-33-23)22(30)26-13-15-4-6-16(24)7-5-15/h4-9,12,14H,3,10-11,13,25H2,1-2H3,(H,26,30)/b27-23-. The number of hydrogen-bond donors (Lipinski definition) is 2. The number of methoxy groups -OCH3 is 2. The molecule has 0 atom stereocenters. The second-order valence-corrected chi connectivity index (χ2v) is 8.26. The molecule has 1 heterocycles. The predicted octanol–water partition coefficient (Wildman–Crippen LogP) is 3.24. The summed E-state index contributed by atoms with van der Waals surface area (Å²) >= 11 is 7.12. The number of hydrogen-bond acceptors (Lipinski definition) is 6. The van der Waals surface area contributed by atoms with Gasteiger partial charge in [-0.3, -0.25) is 9.59 Å². The highest BCUT2D eigenvalue weighted by atomic mass is 35.5. The maximum Gasteiger partial charge on any atom is 0.283 e. The Balaban J connectivity index is 1.88. The molecule has 33 heavy (non-hydrogen) atoms. The van der Waals surface area contributed by atoms with Crippen molar-refractivity contribution in [2.75, 3.05) is 20.8 Å². The first-order valence-electron chi connectivity index (χ1n) is 10.2. The van der Waals surface area contributed by atoms with Crippen LogP contribution in [0.3, 0.4) is 0 Å². The van der Waals surface area contributed by atoms with Crippen LogP contribution < -0.4 is 25.3 Å². The van der Waals surface area contributed by atoms with E-state index in [-0.39, 0.29) is 5.91 Å². The highest BCUT2D eigenvalue weighted by Gasteiger charge is 2.17. The number of benzene rings is 2. The monoisotopic (exact) mass is 488 g/mol. The number of nitrogens with one attached hydrogen (secondary N) is 1. The van der Waals surface area contributed by atoms with Crippen molar-refractivity contribution in [3.8, 4) is 11.5 Å². The Labute approximate surface area is 200 Å². The molecule has 0 unspecified atom stereocenters. The Hall–Kier alpha value is -3.14. The number of carbonyl (C=O) groups excluding carboxylic acids is 2. The summed E-state index contributed by atoms with van der Waals surface area (Å²) in [4.78, 5) is 30.4. The third-order valence-corrected chi connectivity index (χ3v) is 5.93. The van der Waals surface area contributed by atoms with Gasteiger partial charge < -0.3 is 25.1 Å². The number of nitrogens with two attached hydrogens (primary N) is 1. The number of ether oxygens (including phenoxy) is 2. The Morgan fingerprint density at radius 3 is 2.58 bits per heavy atom. The number of nitrogens with zero attached hydrogens (tertiary/aromatic N) is 2. The van der Waals surface area contributed by atoms with Crippen molar-refractivity contribution in [3.05, 3.63) is 74.5 Å². The van der Waals surface area contributed by atoms with Crippen LogP contribution >= 0.6 is 22.9 Å². The number of carbonyl (C=O) groups is 2. The molecular weight excluding hydrogens is 464 g/mol. The van der Waals surface area contributed by atoms with Crippen LogP contribution in [-0.4, -0.2) is 37.1 Å². The Kier molecular flexibility index (Phi) is 8.65. The zero-order chi connectivity index (χ0) is 23.8. The van der Waals surface area contributed by atoms with Gasteiger partial charge in [0.15, 0.2) is 4.80 Å². The summed E-state index contributed by atoms with van der Waals surface area (Å²) in [6, 6.07) is 12.1. The number of halogens is 1. The van der Waals surface area contributed by atoms with E-state index in [1.165, 1.54) is 25.6 Å². The first-order chi connectivity index (χ1) is 16.0. The zero-order valence-corrected chi connectivity index (χ0v) is 19.9. The largest absolute Gasteiger partial charge is 0.497 e. The van der Waals surface area contributed by atoms with Crippen molar-refractivity contribution in [3.63, 3.8) is 0 Å². The molecule has 0 bridgehead atoms. The molecule has 0 saturated carbocycles. The quantitative estimate of drug-likeness (QED) is 0.480. The van der Waals surface area contributed by atoms with Gasteiger partial charge in [-0.05, 0) is 42.8 Å². The minimum absolute atomic E-state index is 0.269. The lowest BCUT2D eigenvalue weighted by Gasteiger charge is -2.10. The summed E-state index contributed by atoms with van der Waals surface area (Å²) in [5, 5.41) is 5.21. The van der Waals surface area contributed by atoms with E-state index in [1.54, 1.807) is 40.3 Å². The molecule has 0 radical (unpaired) electrons. The van der Waals surface area contributed by atoms with Crippen molar-refractivity contribution in [1.82, 2.24) is 9.88 Å². The number of thiazole rings is 1. The van der Waals surface area contributed by atoms with Crippen LogP contribution in [0.15, 0.2) is 52.8 Å². The highest BCUT2D eigenvalue weighted by molar-refractivity contribution is 7.07. The van der Waals surface area contributed by atoms with Crippen LogP contribution in [0.5, 0.6) is 11.5 Å². The van der Waals surface area contributed by atoms with Crippen molar-refractivity contribution in [1.29, 1.82) is 0 Å². The summed E-state index contributed by atoms with van der Waals surface area (Å²) in [7, 11) is 3.01. The lowest BCUT2D eigenvalue weighted by Crippen LogP contribution is -2.29. The molecule has 10 heteroatoms. The molecule has 174 valence electrons. The van der Waals surface area contributed by atoms with Gasteiger partial charge in [0.1, 0.15) is 17.2 Å². The summed E-state index contributed by atoms with van der Waals surface area (Å²) in [5.41, 5.74) is 7.31. The Morgan fingerprint density at radius 2 is 1.91 bits per heavy atom.